The van der Waals surface area contributed by atoms with E-state index in [2.05, 4.69) is 228 Å². The third-order valence-electron chi connectivity index (χ3n) is 13.2. The fraction of sp³-hybridized carbons (Fsp3) is 0.0175. The molecule has 0 amide bonds. The first-order chi connectivity index (χ1) is 29.3. The molecule has 0 fully saturated rings. The minimum Gasteiger partial charge on any atom is -0.309 e. The van der Waals surface area contributed by atoms with Gasteiger partial charge in [-0.25, -0.2) is 0 Å². The predicted molar refractivity (Wildman–Crippen MR) is 245 cm³/mol. The van der Waals surface area contributed by atoms with Crippen LogP contribution in [0, 0.1) is 0 Å². The SMILES string of the molecule is c1ccc(-c2cc3c(ccc4c5ccccc5n(-c5ccc(-c6ccc7c(c6)C6(c8ccccc8-c8ccccc86)c6ccccc6-7)cc5)c43)n2-c2ccccc2)cc1. The van der Waals surface area contributed by atoms with E-state index in [0.717, 1.165) is 11.4 Å². The van der Waals surface area contributed by atoms with Gasteiger partial charge in [-0.3, -0.25) is 0 Å². The molecule has 0 N–H and O–H groups in total. The van der Waals surface area contributed by atoms with E-state index in [4.69, 9.17) is 0 Å². The Hall–Kier alpha value is -7.68. The van der Waals surface area contributed by atoms with Gasteiger partial charge in [-0.2, -0.15) is 0 Å². The maximum Gasteiger partial charge on any atom is 0.0725 e. The van der Waals surface area contributed by atoms with Crippen LogP contribution < -0.4 is 0 Å². The summed E-state index contributed by atoms with van der Waals surface area (Å²) in [6.45, 7) is 0. The number of benzene rings is 9. The van der Waals surface area contributed by atoms with Crippen molar-refractivity contribution in [1.82, 2.24) is 9.13 Å². The standard InChI is InChI=1S/C57H36N2/c1-3-15-38(16-4-1)55-36-48-54(58(55)40-17-5-2-6-18-40)34-33-47-46-22-10-14-26-53(46)59(56(47)48)41-30-27-37(28-31-41)39-29-32-45-44-21-9-13-25-51(44)57(52(45)35-39)49-23-11-7-19-42(49)43-20-8-12-24-50(43)57/h1-36H. The van der Waals surface area contributed by atoms with E-state index in [-0.39, 0.29) is 5.41 Å². The summed E-state index contributed by atoms with van der Waals surface area (Å²) in [6.07, 6.45) is 0. The molecule has 0 aliphatic heterocycles. The van der Waals surface area contributed by atoms with Crippen molar-refractivity contribution in [2.75, 3.05) is 0 Å². The molecule has 0 atom stereocenters. The lowest BCUT2D eigenvalue weighted by Crippen LogP contribution is -2.25. The van der Waals surface area contributed by atoms with Crippen LogP contribution in [0.5, 0.6) is 0 Å². The molecule has 0 bridgehead atoms. The summed E-state index contributed by atoms with van der Waals surface area (Å²) in [5.74, 6) is 0. The van der Waals surface area contributed by atoms with Crippen molar-refractivity contribution in [2.45, 2.75) is 5.41 Å². The first-order valence-corrected chi connectivity index (χ1v) is 20.5. The molecular weight excluding hydrogens is 713 g/mol. The molecule has 2 aliphatic carbocycles. The highest BCUT2D eigenvalue weighted by molar-refractivity contribution is 6.19. The van der Waals surface area contributed by atoms with Crippen LogP contribution in [0.25, 0.3) is 88.7 Å². The molecular formula is C57H36N2. The lowest BCUT2D eigenvalue weighted by atomic mass is 9.70. The topological polar surface area (TPSA) is 9.86 Å². The molecule has 2 aromatic heterocycles. The Labute approximate surface area is 342 Å². The molecule has 2 nitrogen and oxygen atoms in total. The van der Waals surface area contributed by atoms with Crippen molar-refractivity contribution in [1.29, 1.82) is 0 Å². The average molecular weight is 749 g/mol. The molecule has 0 radical (unpaired) electrons. The zero-order valence-corrected chi connectivity index (χ0v) is 32.2. The number of para-hydroxylation sites is 2. The third kappa shape index (κ3) is 4.35. The van der Waals surface area contributed by atoms with E-state index in [1.54, 1.807) is 0 Å². The van der Waals surface area contributed by atoms with Crippen molar-refractivity contribution in [3.05, 3.63) is 241 Å². The van der Waals surface area contributed by atoms with Gasteiger partial charge in [0.05, 0.1) is 27.7 Å². The lowest BCUT2D eigenvalue weighted by molar-refractivity contribution is 0.794. The highest BCUT2D eigenvalue weighted by atomic mass is 15.0. The summed E-state index contributed by atoms with van der Waals surface area (Å²) in [6, 6.07) is 80.9. The largest absolute Gasteiger partial charge is 0.309 e. The fourth-order valence-electron chi connectivity index (χ4n) is 10.8. The molecule has 9 aromatic carbocycles. The second-order valence-electron chi connectivity index (χ2n) is 16.0. The number of rotatable bonds is 4. The van der Waals surface area contributed by atoms with Crippen LogP contribution in [0.2, 0.25) is 0 Å². The zero-order chi connectivity index (χ0) is 38.7. The molecule has 1 spiro atoms. The van der Waals surface area contributed by atoms with Crippen LogP contribution >= 0.6 is 0 Å². The molecule has 0 saturated heterocycles. The first kappa shape index (κ1) is 32.4. The fourth-order valence-corrected chi connectivity index (χ4v) is 10.8. The highest BCUT2D eigenvalue weighted by Crippen LogP contribution is 2.63. The molecule has 11 aromatic rings. The van der Waals surface area contributed by atoms with Crippen molar-refractivity contribution in [3.63, 3.8) is 0 Å². The van der Waals surface area contributed by atoms with Gasteiger partial charge in [-0.05, 0) is 110 Å². The van der Waals surface area contributed by atoms with Crippen molar-refractivity contribution in [3.8, 4) is 56.0 Å². The number of hydrogen-bond acceptors (Lipinski definition) is 0. The van der Waals surface area contributed by atoms with Crippen molar-refractivity contribution in [2.24, 2.45) is 0 Å². The smallest absolute Gasteiger partial charge is 0.0725 e. The van der Waals surface area contributed by atoms with Gasteiger partial charge in [0.15, 0.2) is 0 Å². The highest BCUT2D eigenvalue weighted by Gasteiger charge is 2.51. The summed E-state index contributed by atoms with van der Waals surface area (Å²) in [5.41, 5.74) is 21.1. The normalized spacial score (nSPS) is 13.2. The van der Waals surface area contributed by atoms with E-state index in [1.165, 1.54) is 99.6 Å². The third-order valence-corrected chi connectivity index (χ3v) is 13.2. The van der Waals surface area contributed by atoms with Crippen LogP contribution in [0.15, 0.2) is 218 Å². The summed E-state index contributed by atoms with van der Waals surface area (Å²) >= 11 is 0. The van der Waals surface area contributed by atoms with Gasteiger partial charge in [0.2, 0.25) is 0 Å². The number of nitrogens with zero attached hydrogens (tertiary/aromatic N) is 2. The number of aromatic nitrogens is 2. The minimum atomic E-state index is -0.363. The zero-order valence-electron chi connectivity index (χ0n) is 32.2. The summed E-state index contributed by atoms with van der Waals surface area (Å²) in [4.78, 5) is 0. The molecule has 0 unspecified atom stereocenters. The summed E-state index contributed by atoms with van der Waals surface area (Å²) in [7, 11) is 0. The van der Waals surface area contributed by atoms with Crippen molar-refractivity contribution < 1.29 is 0 Å². The van der Waals surface area contributed by atoms with E-state index in [1.807, 2.05) is 0 Å². The monoisotopic (exact) mass is 748 g/mol. The summed E-state index contributed by atoms with van der Waals surface area (Å²) < 4.78 is 4.89. The molecule has 0 saturated carbocycles. The molecule has 2 aliphatic rings. The van der Waals surface area contributed by atoms with Crippen LogP contribution in [-0.2, 0) is 5.41 Å². The van der Waals surface area contributed by atoms with Crippen LogP contribution in [-0.4, -0.2) is 9.13 Å². The Bertz CT molecular complexity index is 3410. The molecule has 13 rings (SSSR count). The van der Waals surface area contributed by atoms with Gasteiger partial charge in [0, 0.05) is 27.5 Å². The molecule has 59 heavy (non-hydrogen) atoms. The average Bonchev–Trinajstić information content (AvgIpc) is 4.04. The Balaban J connectivity index is 1.00. The van der Waals surface area contributed by atoms with Gasteiger partial charge in [-0.15, -0.1) is 0 Å². The van der Waals surface area contributed by atoms with Gasteiger partial charge < -0.3 is 9.13 Å². The molecule has 2 heterocycles. The Morgan fingerprint density at radius 2 is 0.814 bits per heavy atom. The van der Waals surface area contributed by atoms with Crippen LogP contribution in [0.1, 0.15) is 22.3 Å². The maximum absolute atomic E-state index is 2.48. The van der Waals surface area contributed by atoms with Gasteiger partial charge in [-0.1, -0.05) is 170 Å². The molecule has 274 valence electrons. The number of hydrogen-bond donors (Lipinski definition) is 0. The predicted octanol–water partition coefficient (Wildman–Crippen LogP) is 14.4. The Kier molecular flexibility index (Phi) is 6.68. The van der Waals surface area contributed by atoms with E-state index in [0.29, 0.717) is 0 Å². The summed E-state index contributed by atoms with van der Waals surface area (Å²) in [5, 5.41) is 3.73. The molecule has 2 heteroatoms. The second-order valence-corrected chi connectivity index (χ2v) is 16.0. The van der Waals surface area contributed by atoms with Gasteiger partial charge in [0.1, 0.15) is 0 Å². The Morgan fingerprint density at radius 1 is 0.288 bits per heavy atom. The maximum atomic E-state index is 2.48. The van der Waals surface area contributed by atoms with Gasteiger partial charge >= 0.3 is 0 Å². The van der Waals surface area contributed by atoms with E-state index < -0.39 is 0 Å². The first-order valence-electron chi connectivity index (χ1n) is 20.5. The lowest BCUT2D eigenvalue weighted by Gasteiger charge is -2.30. The second kappa shape index (κ2) is 12.2. The minimum absolute atomic E-state index is 0.363. The van der Waals surface area contributed by atoms with Crippen LogP contribution in [0.4, 0.5) is 0 Å². The van der Waals surface area contributed by atoms with E-state index in [9.17, 15) is 0 Å². The quantitative estimate of drug-likeness (QED) is 0.170. The van der Waals surface area contributed by atoms with Gasteiger partial charge in [0.25, 0.3) is 0 Å². The van der Waals surface area contributed by atoms with E-state index >= 15 is 0 Å². The Morgan fingerprint density at radius 3 is 1.49 bits per heavy atom. The van der Waals surface area contributed by atoms with Crippen molar-refractivity contribution >= 4 is 32.7 Å². The number of fused-ring (bicyclic) bond motifs is 15. The van der Waals surface area contributed by atoms with Crippen LogP contribution in [0.3, 0.4) is 0 Å².